The van der Waals surface area contributed by atoms with Crippen LogP contribution in [0.2, 0.25) is 5.02 Å². The van der Waals surface area contributed by atoms with E-state index in [1.807, 2.05) is 13.0 Å². The van der Waals surface area contributed by atoms with Gasteiger partial charge in [-0.3, -0.25) is 4.79 Å². The Labute approximate surface area is 122 Å². The molecule has 2 N–H and O–H groups in total. The highest BCUT2D eigenvalue weighted by molar-refractivity contribution is 6.33. The van der Waals surface area contributed by atoms with Crippen molar-refractivity contribution in [3.63, 3.8) is 0 Å². The number of benzene rings is 1. The van der Waals surface area contributed by atoms with Crippen LogP contribution in [0.4, 0.5) is 10.5 Å². The fourth-order valence-electron chi connectivity index (χ4n) is 1.97. The number of carboxylic acid groups (broad SMARTS) is 1. The van der Waals surface area contributed by atoms with Crippen LogP contribution in [0.5, 0.6) is 0 Å². The van der Waals surface area contributed by atoms with Crippen molar-refractivity contribution in [3.05, 3.63) is 28.8 Å². The van der Waals surface area contributed by atoms with Crippen LogP contribution in [-0.2, 0) is 4.79 Å². The molecule has 20 heavy (non-hydrogen) atoms. The SMILES string of the molecule is Cc1cccc(Cl)c1NC(=O)N(CC(=O)O)CC1CC1. The van der Waals surface area contributed by atoms with Gasteiger partial charge in [-0.05, 0) is 37.3 Å². The third-order valence-electron chi connectivity index (χ3n) is 3.24. The molecule has 6 heteroatoms. The number of rotatable bonds is 5. The van der Waals surface area contributed by atoms with Gasteiger partial charge in [-0.25, -0.2) is 4.79 Å². The Morgan fingerprint density at radius 3 is 2.70 bits per heavy atom. The van der Waals surface area contributed by atoms with Crippen molar-refractivity contribution in [1.82, 2.24) is 4.90 Å². The van der Waals surface area contributed by atoms with Crippen molar-refractivity contribution in [2.45, 2.75) is 19.8 Å². The topological polar surface area (TPSA) is 69.6 Å². The number of carbonyl (C=O) groups excluding carboxylic acids is 1. The van der Waals surface area contributed by atoms with E-state index in [1.165, 1.54) is 4.90 Å². The van der Waals surface area contributed by atoms with E-state index in [-0.39, 0.29) is 6.54 Å². The van der Waals surface area contributed by atoms with E-state index in [0.717, 1.165) is 18.4 Å². The summed E-state index contributed by atoms with van der Waals surface area (Å²) in [5, 5.41) is 12.0. The maximum Gasteiger partial charge on any atom is 0.323 e. The molecule has 1 saturated carbocycles. The van der Waals surface area contributed by atoms with Crippen molar-refractivity contribution in [1.29, 1.82) is 0 Å². The number of carbonyl (C=O) groups is 2. The molecule has 1 aromatic rings. The molecule has 0 aliphatic heterocycles. The zero-order valence-corrected chi connectivity index (χ0v) is 12.0. The number of amides is 2. The van der Waals surface area contributed by atoms with Crippen LogP contribution >= 0.6 is 11.6 Å². The first-order valence-electron chi connectivity index (χ1n) is 6.50. The molecule has 2 amide bonds. The molecular weight excluding hydrogens is 280 g/mol. The van der Waals surface area contributed by atoms with Crippen molar-refractivity contribution >= 4 is 29.3 Å². The number of aliphatic carboxylic acids is 1. The summed E-state index contributed by atoms with van der Waals surface area (Å²) in [6.45, 7) is 2.01. The molecule has 2 rings (SSSR count). The number of halogens is 1. The molecule has 1 aliphatic carbocycles. The summed E-state index contributed by atoms with van der Waals surface area (Å²) in [5.74, 6) is -0.593. The lowest BCUT2D eigenvalue weighted by Gasteiger charge is -2.22. The number of carboxylic acids is 1. The Morgan fingerprint density at radius 1 is 1.45 bits per heavy atom. The second kappa shape index (κ2) is 6.13. The Bertz CT molecular complexity index is 509. The van der Waals surface area contributed by atoms with Crippen molar-refractivity contribution in [3.8, 4) is 0 Å². The van der Waals surface area contributed by atoms with Gasteiger partial charge in [-0.2, -0.15) is 0 Å². The number of hydrogen-bond donors (Lipinski definition) is 2. The molecule has 0 heterocycles. The van der Waals surface area contributed by atoms with E-state index < -0.39 is 12.0 Å². The minimum Gasteiger partial charge on any atom is -0.480 e. The molecule has 0 saturated heterocycles. The number of aryl methyl sites for hydroxylation is 1. The van der Waals surface area contributed by atoms with E-state index in [9.17, 15) is 9.59 Å². The summed E-state index contributed by atoms with van der Waals surface area (Å²) in [6.07, 6.45) is 2.10. The molecule has 1 fully saturated rings. The molecule has 0 unspecified atom stereocenters. The first kappa shape index (κ1) is 14.7. The largest absolute Gasteiger partial charge is 0.480 e. The van der Waals surface area contributed by atoms with Crippen LogP contribution in [0, 0.1) is 12.8 Å². The Morgan fingerprint density at radius 2 is 2.15 bits per heavy atom. The van der Waals surface area contributed by atoms with Crippen LogP contribution in [0.3, 0.4) is 0 Å². The predicted molar refractivity (Wildman–Crippen MR) is 77.1 cm³/mol. The summed E-state index contributed by atoms with van der Waals surface area (Å²) in [7, 11) is 0. The van der Waals surface area contributed by atoms with Gasteiger partial charge >= 0.3 is 12.0 Å². The standard InChI is InChI=1S/C14H17ClN2O3/c1-9-3-2-4-11(15)13(9)16-14(20)17(8-12(18)19)7-10-5-6-10/h2-4,10H,5-8H2,1H3,(H,16,20)(H,18,19). The Kier molecular flexibility index (Phi) is 4.49. The van der Waals surface area contributed by atoms with Crippen molar-refractivity contribution < 1.29 is 14.7 Å². The monoisotopic (exact) mass is 296 g/mol. The van der Waals surface area contributed by atoms with Crippen molar-refractivity contribution in [2.75, 3.05) is 18.4 Å². The first-order chi connectivity index (χ1) is 9.47. The van der Waals surface area contributed by atoms with Crippen LogP contribution < -0.4 is 5.32 Å². The lowest BCUT2D eigenvalue weighted by Crippen LogP contribution is -2.40. The molecule has 0 aromatic heterocycles. The minimum atomic E-state index is -1.02. The molecular formula is C14H17ClN2O3. The van der Waals surface area contributed by atoms with E-state index in [0.29, 0.717) is 23.2 Å². The van der Waals surface area contributed by atoms with E-state index in [2.05, 4.69) is 5.32 Å². The van der Waals surface area contributed by atoms with Crippen LogP contribution in [0.25, 0.3) is 0 Å². The van der Waals surface area contributed by atoms with Gasteiger partial charge in [0.15, 0.2) is 0 Å². The predicted octanol–water partition coefficient (Wildman–Crippen LogP) is 2.98. The third kappa shape index (κ3) is 3.87. The summed E-state index contributed by atoms with van der Waals surface area (Å²) in [4.78, 5) is 24.4. The highest BCUT2D eigenvalue weighted by atomic mass is 35.5. The fourth-order valence-corrected chi connectivity index (χ4v) is 2.24. The second-order valence-corrected chi connectivity index (χ2v) is 5.49. The molecule has 5 nitrogen and oxygen atoms in total. The van der Waals surface area contributed by atoms with Gasteiger partial charge in [-0.15, -0.1) is 0 Å². The molecule has 0 spiro atoms. The zero-order chi connectivity index (χ0) is 14.7. The summed E-state index contributed by atoms with van der Waals surface area (Å²) in [6, 6.07) is 4.90. The molecule has 0 bridgehead atoms. The van der Waals surface area contributed by atoms with Crippen LogP contribution in [-0.4, -0.2) is 35.1 Å². The fraction of sp³-hybridized carbons (Fsp3) is 0.429. The zero-order valence-electron chi connectivity index (χ0n) is 11.2. The van der Waals surface area contributed by atoms with Crippen LogP contribution in [0.1, 0.15) is 18.4 Å². The van der Waals surface area contributed by atoms with Gasteiger partial charge in [0.25, 0.3) is 0 Å². The molecule has 1 aromatic carbocycles. The lowest BCUT2D eigenvalue weighted by molar-refractivity contribution is -0.137. The van der Waals surface area contributed by atoms with Crippen LogP contribution in [0.15, 0.2) is 18.2 Å². The van der Waals surface area contributed by atoms with Gasteiger partial charge < -0.3 is 15.3 Å². The quantitative estimate of drug-likeness (QED) is 0.877. The summed E-state index contributed by atoms with van der Waals surface area (Å²) >= 11 is 6.05. The molecule has 0 radical (unpaired) electrons. The molecule has 108 valence electrons. The van der Waals surface area contributed by atoms with Gasteiger partial charge in [0, 0.05) is 6.54 Å². The number of anilines is 1. The Balaban J connectivity index is 2.08. The van der Waals surface area contributed by atoms with Gasteiger partial charge in [-0.1, -0.05) is 23.7 Å². The molecule has 1 aliphatic rings. The summed E-state index contributed by atoms with van der Waals surface area (Å²) in [5.41, 5.74) is 1.37. The van der Waals surface area contributed by atoms with Gasteiger partial charge in [0.1, 0.15) is 6.54 Å². The number of nitrogens with zero attached hydrogens (tertiary/aromatic N) is 1. The average molecular weight is 297 g/mol. The van der Waals surface area contributed by atoms with E-state index >= 15 is 0 Å². The van der Waals surface area contributed by atoms with Gasteiger partial charge in [0.2, 0.25) is 0 Å². The lowest BCUT2D eigenvalue weighted by atomic mass is 10.2. The first-order valence-corrected chi connectivity index (χ1v) is 6.88. The molecule has 0 atom stereocenters. The highest BCUT2D eigenvalue weighted by Gasteiger charge is 2.28. The number of urea groups is 1. The van der Waals surface area contributed by atoms with Gasteiger partial charge in [0.05, 0.1) is 10.7 Å². The number of nitrogens with one attached hydrogen (secondary N) is 1. The number of para-hydroxylation sites is 1. The minimum absolute atomic E-state index is 0.300. The smallest absolute Gasteiger partial charge is 0.323 e. The number of hydrogen-bond acceptors (Lipinski definition) is 2. The second-order valence-electron chi connectivity index (χ2n) is 5.08. The van der Waals surface area contributed by atoms with E-state index in [1.54, 1.807) is 12.1 Å². The van der Waals surface area contributed by atoms with E-state index in [4.69, 9.17) is 16.7 Å². The summed E-state index contributed by atoms with van der Waals surface area (Å²) < 4.78 is 0. The van der Waals surface area contributed by atoms with Crippen molar-refractivity contribution in [2.24, 2.45) is 5.92 Å². The normalized spacial score (nSPS) is 13.9. The average Bonchev–Trinajstić information content (AvgIpc) is 3.16. The maximum atomic E-state index is 12.2. The Hall–Kier alpha value is -1.75. The third-order valence-corrected chi connectivity index (χ3v) is 3.56. The highest BCUT2D eigenvalue weighted by Crippen LogP contribution is 2.30. The maximum absolute atomic E-state index is 12.2.